The Morgan fingerprint density at radius 2 is 1.90 bits per heavy atom. The molecule has 0 saturated carbocycles. The molecule has 2 aromatic carbocycles. The number of nitro groups is 1. The van der Waals surface area contributed by atoms with Crippen LogP contribution in [0.4, 0.5) is 5.69 Å². The summed E-state index contributed by atoms with van der Waals surface area (Å²) in [4.78, 5) is 22.8. The normalized spacial score (nSPS) is 10.7. The Morgan fingerprint density at radius 3 is 2.62 bits per heavy atom. The first-order valence-corrected chi connectivity index (χ1v) is 6.42. The fourth-order valence-corrected chi connectivity index (χ4v) is 2.32. The average Bonchev–Trinajstić information content (AvgIpc) is 2.92. The van der Waals surface area contributed by atoms with Crippen LogP contribution in [-0.2, 0) is 0 Å². The van der Waals surface area contributed by atoms with Gasteiger partial charge in [-0.2, -0.15) is 0 Å². The predicted molar refractivity (Wildman–Crippen MR) is 77.8 cm³/mol. The quantitative estimate of drug-likeness (QED) is 0.412. The largest absolute Gasteiger partial charge is 0.453 e. The zero-order valence-electron chi connectivity index (χ0n) is 10.6. The molecular formula is C15H8ClNO4. The molecule has 3 aromatic rings. The molecule has 1 aromatic heterocycles. The van der Waals surface area contributed by atoms with Gasteiger partial charge in [0.1, 0.15) is 11.1 Å². The lowest BCUT2D eigenvalue weighted by atomic mass is 10.1. The summed E-state index contributed by atoms with van der Waals surface area (Å²) in [5, 5.41) is 12.0. The van der Waals surface area contributed by atoms with Crippen LogP contribution in [0.25, 0.3) is 11.0 Å². The Kier molecular flexibility index (Phi) is 3.19. The Bertz CT molecular complexity index is 869. The van der Waals surface area contributed by atoms with Crippen molar-refractivity contribution in [2.24, 2.45) is 0 Å². The van der Waals surface area contributed by atoms with Crippen LogP contribution in [-0.4, -0.2) is 10.7 Å². The van der Waals surface area contributed by atoms with Crippen molar-refractivity contribution in [3.63, 3.8) is 0 Å². The van der Waals surface area contributed by atoms with E-state index in [1.54, 1.807) is 24.3 Å². The van der Waals surface area contributed by atoms with Gasteiger partial charge < -0.3 is 4.42 Å². The molecule has 5 nitrogen and oxygen atoms in total. The molecule has 0 bridgehead atoms. The van der Waals surface area contributed by atoms with Crippen LogP contribution in [0, 0.1) is 10.1 Å². The topological polar surface area (TPSA) is 73.3 Å². The molecule has 6 heteroatoms. The van der Waals surface area contributed by atoms with Gasteiger partial charge in [0, 0.05) is 11.5 Å². The molecule has 0 aliphatic heterocycles. The van der Waals surface area contributed by atoms with Gasteiger partial charge in [0.05, 0.1) is 9.95 Å². The van der Waals surface area contributed by atoms with E-state index >= 15 is 0 Å². The van der Waals surface area contributed by atoms with Crippen molar-refractivity contribution in [2.75, 3.05) is 0 Å². The zero-order chi connectivity index (χ0) is 15.0. The maximum absolute atomic E-state index is 12.4. The lowest BCUT2D eigenvalue weighted by molar-refractivity contribution is -0.385. The number of carbonyl (C=O) groups is 1. The van der Waals surface area contributed by atoms with Gasteiger partial charge in [0.2, 0.25) is 5.78 Å². The van der Waals surface area contributed by atoms with Crippen molar-refractivity contribution in [1.29, 1.82) is 0 Å². The predicted octanol–water partition coefficient (Wildman–Crippen LogP) is 4.23. The van der Waals surface area contributed by atoms with Gasteiger partial charge in [0.15, 0.2) is 5.76 Å². The maximum atomic E-state index is 12.4. The van der Waals surface area contributed by atoms with Crippen molar-refractivity contribution in [2.45, 2.75) is 0 Å². The Balaban J connectivity index is 2.13. The standard InChI is InChI=1S/C15H8ClNO4/c16-11-5-3-7-13-10(11)8-14(21-13)15(18)9-4-1-2-6-12(9)17(19)20/h1-8H. The second kappa shape index (κ2) is 5.03. The molecule has 0 atom stereocenters. The van der Waals surface area contributed by atoms with Crippen LogP contribution in [0.2, 0.25) is 5.02 Å². The third-order valence-electron chi connectivity index (χ3n) is 3.08. The van der Waals surface area contributed by atoms with Crippen LogP contribution in [0.3, 0.4) is 0 Å². The van der Waals surface area contributed by atoms with Crippen LogP contribution < -0.4 is 0 Å². The van der Waals surface area contributed by atoms with E-state index in [1.807, 2.05) is 0 Å². The summed E-state index contributed by atoms with van der Waals surface area (Å²) >= 11 is 6.02. The minimum absolute atomic E-state index is 0.0160. The minimum Gasteiger partial charge on any atom is -0.453 e. The average molecular weight is 302 g/mol. The summed E-state index contributed by atoms with van der Waals surface area (Å²) in [6.07, 6.45) is 0. The van der Waals surface area contributed by atoms with E-state index in [-0.39, 0.29) is 17.0 Å². The van der Waals surface area contributed by atoms with Gasteiger partial charge in [-0.1, -0.05) is 29.8 Å². The molecular weight excluding hydrogens is 294 g/mol. The number of hydrogen-bond acceptors (Lipinski definition) is 4. The third kappa shape index (κ3) is 2.28. The molecule has 0 fully saturated rings. The molecule has 0 radical (unpaired) electrons. The SMILES string of the molecule is O=C(c1cc2c(Cl)cccc2o1)c1ccccc1[N+](=O)[O-]. The number of rotatable bonds is 3. The van der Waals surface area contributed by atoms with Crippen molar-refractivity contribution in [1.82, 2.24) is 0 Å². The fraction of sp³-hybridized carbons (Fsp3) is 0. The van der Waals surface area contributed by atoms with Gasteiger partial charge >= 0.3 is 0 Å². The Morgan fingerprint density at radius 1 is 1.14 bits per heavy atom. The molecule has 0 aliphatic rings. The first kappa shape index (κ1) is 13.3. The smallest absolute Gasteiger partial charge is 0.280 e. The second-order valence-electron chi connectivity index (χ2n) is 4.37. The van der Waals surface area contributed by atoms with Crippen molar-refractivity contribution in [3.05, 3.63) is 75.0 Å². The zero-order valence-corrected chi connectivity index (χ0v) is 11.3. The number of nitro benzene ring substituents is 1. The number of furan rings is 1. The number of fused-ring (bicyclic) bond motifs is 1. The summed E-state index contributed by atoms with van der Waals surface area (Å²) in [7, 11) is 0. The maximum Gasteiger partial charge on any atom is 0.280 e. The summed E-state index contributed by atoms with van der Waals surface area (Å²) in [5.74, 6) is -0.526. The van der Waals surface area contributed by atoms with Crippen LogP contribution >= 0.6 is 11.6 Å². The number of nitrogens with zero attached hydrogens (tertiary/aromatic N) is 1. The molecule has 0 saturated heterocycles. The monoisotopic (exact) mass is 301 g/mol. The second-order valence-corrected chi connectivity index (χ2v) is 4.77. The Labute approximate surface area is 123 Å². The molecule has 0 aliphatic carbocycles. The van der Waals surface area contributed by atoms with E-state index in [0.717, 1.165) is 0 Å². The van der Waals surface area contributed by atoms with E-state index in [0.29, 0.717) is 16.0 Å². The summed E-state index contributed by atoms with van der Waals surface area (Å²) in [6, 6.07) is 12.3. The lowest BCUT2D eigenvalue weighted by Crippen LogP contribution is -2.04. The van der Waals surface area contributed by atoms with Crippen molar-refractivity contribution >= 4 is 34.0 Å². The van der Waals surface area contributed by atoms with E-state index in [1.165, 1.54) is 24.3 Å². The Hall–Kier alpha value is -2.66. The van der Waals surface area contributed by atoms with Crippen LogP contribution in [0.1, 0.15) is 16.1 Å². The first-order chi connectivity index (χ1) is 10.1. The molecule has 0 amide bonds. The number of para-hydroxylation sites is 1. The third-order valence-corrected chi connectivity index (χ3v) is 3.41. The highest BCUT2D eigenvalue weighted by Crippen LogP contribution is 2.29. The van der Waals surface area contributed by atoms with E-state index < -0.39 is 10.7 Å². The number of halogens is 1. The van der Waals surface area contributed by atoms with E-state index in [9.17, 15) is 14.9 Å². The fourth-order valence-electron chi connectivity index (χ4n) is 2.09. The van der Waals surface area contributed by atoms with Gasteiger partial charge in [-0.25, -0.2) is 0 Å². The van der Waals surface area contributed by atoms with Gasteiger partial charge in [-0.3, -0.25) is 14.9 Å². The lowest BCUT2D eigenvalue weighted by Gasteiger charge is -1.99. The van der Waals surface area contributed by atoms with Gasteiger partial charge in [0.25, 0.3) is 5.69 Å². The molecule has 3 rings (SSSR count). The van der Waals surface area contributed by atoms with Gasteiger partial charge in [-0.05, 0) is 24.3 Å². The van der Waals surface area contributed by atoms with Crippen molar-refractivity contribution in [3.8, 4) is 0 Å². The summed E-state index contributed by atoms with van der Waals surface area (Å²) < 4.78 is 5.44. The highest BCUT2D eigenvalue weighted by Gasteiger charge is 2.23. The highest BCUT2D eigenvalue weighted by atomic mass is 35.5. The first-order valence-electron chi connectivity index (χ1n) is 6.04. The highest BCUT2D eigenvalue weighted by molar-refractivity contribution is 6.35. The van der Waals surface area contributed by atoms with Crippen LogP contribution in [0.15, 0.2) is 52.9 Å². The summed E-state index contributed by atoms with van der Waals surface area (Å²) in [6.45, 7) is 0. The molecule has 1 heterocycles. The van der Waals surface area contributed by atoms with Crippen molar-refractivity contribution < 1.29 is 14.1 Å². The van der Waals surface area contributed by atoms with Gasteiger partial charge in [-0.15, -0.1) is 0 Å². The molecule has 104 valence electrons. The molecule has 0 unspecified atom stereocenters. The van der Waals surface area contributed by atoms with E-state index in [2.05, 4.69) is 0 Å². The number of hydrogen-bond donors (Lipinski definition) is 0. The molecule has 0 N–H and O–H groups in total. The molecule has 21 heavy (non-hydrogen) atoms. The number of benzene rings is 2. The minimum atomic E-state index is -0.594. The molecule has 0 spiro atoms. The summed E-state index contributed by atoms with van der Waals surface area (Å²) in [5.41, 5.74) is 0.191. The number of ketones is 1. The van der Waals surface area contributed by atoms with Crippen LogP contribution in [0.5, 0.6) is 0 Å². The number of carbonyl (C=O) groups excluding carboxylic acids is 1. The van der Waals surface area contributed by atoms with E-state index in [4.69, 9.17) is 16.0 Å².